The third kappa shape index (κ3) is 4.59. The van der Waals surface area contributed by atoms with Gasteiger partial charge in [-0.1, -0.05) is 20.4 Å². The second-order valence-electron chi connectivity index (χ2n) is 4.03. The van der Waals surface area contributed by atoms with Crippen LogP contribution in [0, 0.1) is 5.92 Å². The Hall–Kier alpha value is -1.32. The minimum Gasteiger partial charge on any atom is -0.495 e. The van der Waals surface area contributed by atoms with Crippen LogP contribution in [0.25, 0.3) is 0 Å². The highest BCUT2D eigenvalue weighted by molar-refractivity contribution is 5.24. The van der Waals surface area contributed by atoms with Gasteiger partial charge in [0.1, 0.15) is 17.8 Å². The second kappa shape index (κ2) is 7.09. The van der Waals surface area contributed by atoms with Gasteiger partial charge in [0.05, 0.1) is 18.5 Å². The van der Waals surface area contributed by atoms with E-state index in [1.54, 1.807) is 0 Å². The molecule has 0 heterocycles. The van der Waals surface area contributed by atoms with Crippen LogP contribution in [0.4, 0.5) is 8.78 Å². The van der Waals surface area contributed by atoms with Crippen LogP contribution in [-0.4, -0.2) is 13.3 Å². The van der Waals surface area contributed by atoms with Crippen molar-refractivity contribution in [3.8, 4) is 0 Å². The lowest BCUT2D eigenvalue weighted by Crippen LogP contribution is -2.24. The summed E-state index contributed by atoms with van der Waals surface area (Å²) in [5.74, 6) is -0.0480. The second-order valence-corrected chi connectivity index (χ2v) is 4.03. The molecule has 0 aliphatic rings. The van der Waals surface area contributed by atoms with Crippen molar-refractivity contribution < 1.29 is 13.5 Å². The lowest BCUT2D eigenvalue weighted by Gasteiger charge is -2.20. The first-order valence-electron chi connectivity index (χ1n) is 5.53. The number of hydrogen-bond donors (Lipinski definition) is 1. The van der Waals surface area contributed by atoms with Gasteiger partial charge in [-0.15, -0.1) is 0 Å². The predicted octanol–water partition coefficient (Wildman–Crippen LogP) is 3.84. The van der Waals surface area contributed by atoms with Crippen molar-refractivity contribution in [2.45, 2.75) is 33.9 Å². The van der Waals surface area contributed by atoms with E-state index >= 15 is 0 Å². The lowest BCUT2D eigenvalue weighted by molar-refractivity contribution is 0.292. The molecule has 2 nitrogen and oxygen atoms in total. The molecule has 1 atom stereocenters. The molecule has 0 rings (SSSR count). The maximum atomic E-state index is 13.3. The highest BCUT2D eigenvalue weighted by Gasteiger charge is 2.17. The lowest BCUT2D eigenvalue weighted by atomic mass is 10.1. The quantitative estimate of drug-likeness (QED) is 0.567. The monoisotopic (exact) mass is 245 g/mol. The van der Waals surface area contributed by atoms with Gasteiger partial charge in [0.2, 0.25) is 0 Å². The van der Waals surface area contributed by atoms with Gasteiger partial charge in [-0.25, -0.2) is 8.78 Å². The molecule has 0 saturated carbocycles. The first-order valence-corrected chi connectivity index (χ1v) is 5.53. The van der Waals surface area contributed by atoms with Crippen LogP contribution in [0.1, 0.15) is 27.7 Å². The number of allylic oxidation sites excluding steroid dienone is 4. The fourth-order valence-electron chi connectivity index (χ4n) is 1.40. The number of hydrogen-bond acceptors (Lipinski definition) is 2. The third-order valence-corrected chi connectivity index (χ3v) is 2.29. The summed E-state index contributed by atoms with van der Waals surface area (Å²) in [6.45, 7) is 9.91. The van der Waals surface area contributed by atoms with E-state index in [9.17, 15) is 8.78 Å². The minimum absolute atomic E-state index is 0.0380. The average molecular weight is 245 g/mol. The van der Waals surface area contributed by atoms with Crippen molar-refractivity contribution in [1.29, 1.82) is 0 Å². The Morgan fingerprint density at radius 2 is 1.82 bits per heavy atom. The maximum absolute atomic E-state index is 13.3. The number of methoxy groups -OCH3 is 1. The van der Waals surface area contributed by atoms with Crippen LogP contribution in [0.5, 0.6) is 0 Å². The third-order valence-electron chi connectivity index (χ3n) is 2.29. The van der Waals surface area contributed by atoms with Gasteiger partial charge in [0, 0.05) is 0 Å². The summed E-state index contributed by atoms with van der Waals surface area (Å²) in [5, 5.41) is 2.77. The summed E-state index contributed by atoms with van der Waals surface area (Å²) in [5.41, 5.74) is 0.532. The zero-order valence-corrected chi connectivity index (χ0v) is 11.1. The van der Waals surface area contributed by atoms with Gasteiger partial charge in [-0.3, -0.25) is 0 Å². The topological polar surface area (TPSA) is 21.3 Å². The molecule has 0 fully saturated rings. The molecule has 0 saturated heterocycles. The number of halogens is 2. The summed E-state index contributed by atoms with van der Waals surface area (Å²) >= 11 is 0. The smallest absolute Gasteiger partial charge is 0.140 e. The molecule has 98 valence electrons. The van der Waals surface area contributed by atoms with E-state index in [1.807, 2.05) is 13.8 Å². The molecule has 17 heavy (non-hydrogen) atoms. The van der Waals surface area contributed by atoms with Crippen LogP contribution in [-0.2, 0) is 4.74 Å². The fraction of sp³-hybridized carbons (Fsp3) is 0.538. The van der Waals surface area contributed by atoms with E-state index in [-0.39, 0.29) is 11.6 Å². The summed E-state index contributed by atoms with van der Waals surface area (Å²) in [4.78, 5) is 0. The zero-order valence-electron chi connectivity index (χ0n) is 11.1. The number of alkyl halides is 1. The molecule has 0 bridgehead atoms. The molecule has 1 N–H and O–H groups in total. The number of nitrogens with one attached hydrogen (secondary N) is 1. The molecule has 0 aromatic rings. The van der Waals surface area contributed by atoms with E-state index in [4.69, 9.17) is 4.74 Å². The highest BCUT2D eigenvalue weighted by Crippen LogP contribution is 2.19. The molecule has 0 aromatic heterocycles. The van der Waals surface area contributed by atoms with Crippen LogP contribution in [0.15, 0.2) is 35.6 Å². The SMILES string of the molecule is C=C/C(OC)=C(\N/C(=C(/C)F)C(C)F)C(C)C. The van der Waals surface area contributed by atoms with Gasteiger partial charge in [0.15, 0.2) is 0 Å². The van der Waals surface area contributed by atoms with Gasteiger partial charge < -0.3 is 10.1 Å². The van der Waals surface area contributed by atoms with E-state index in [0.29, 0.717) is 11.5 Å². The Balaban J connectivity index is 5.35. The standard InChI is InChI=1S/C13H21F2NO/c1-7-11(17-6)12(8(2)3)16-13(9(4)14)10(5)15/h7-9,16H,1H2,2-6H3/b12-11+,13-10-. The summed E-state index contributed by atoms with van der Waals surface area (Å²) in [7, 11) is 1.49. The van der Waals surface area contributed by atoms with Crippen LogP contribution >= 0.6 is 0 Å². The Kier molecular flexibility index (Phi) is 6.54. The fourth-order valence-corrected chi connectivity index (χ4v) is 1.40. The molecule has 0 spiro atoms. The normalized spacial score (nSPS) is 16.0. The van der Waals surface area contributed by atoms with Gasteiger partial charge in [-0.05, 0) is 25.8 Å². The Labute approximate surface area is 102 Å². The molecular weight excluding hydrogens is 224 g/mol. The molecule has 0 aliphatic heterocycles. The summed E-state index contributed by atoms with van der Waals surface area (Å²) in [6.07, 6.45) is 0.104. The molecule has 0 amide bonds. The van der Waals surface area contributed by atoms with Crippen molar-refractivity contribution in [3.05, 3.63) is 35.6 Å². The minimum atomic E-state index is -1.41. The Morgan fingerprint density at radius 1 is 1.29 bits per heavy atom. The Morgan fingerprint density at radius 3 is 2.06 bits per heavy atom. The van der Waals surface area contributed by atoms with E-state index < -0.39 is 12.0 Å². The molecule has 0 aliphatic carbocycles. The van der Waals surface area contributed by atoms with E-state index in [1.165, 1.54) is 27.0 Å². The van der Waals surface area contributed by atoms with Gasteiger partial charge >= 0.3 is 0 Å². The number of ether oxygens (including phenoxy) is 1. The average Bonchev–Trinajstić information content (AvgIpc) is 2.22. The predicted molar refractivity (Wildman–Crippen MR) is 66.6 cm³/mol. The van der Waals surface area contributed by atoms with E-state index in [0.717, 1.165) is 0 Å². The van der Waals surface area contributed by atoms with E-state index in [2.05, 4.69) is 11.9 Å². The first-order chi connectivity index (χ1) is 7.84. The van der Waals surface area contributed by atoms with Crippen molar-refractivity contribution in [3.63, 3.8) is 0 Å². The Bertz CT molecular complexity index is 326. The van der Waals surface area contributed by atoms with Crippen molar-refractivity contribution in [2.24, 2.45) is 5.92 Å². The molecular formula is C13H21F2NO. The highest BCUT2D eigenvalue weighted by atomic mass is 19.1. The van der Waals surface area contributed by atoms with Crippen LogP contribution < -0.4 is 5.32 Å². The zero-order chi connectivity index (χ0) is 13.6. The summed E-state index contributed by atoms with van der Waals surface area (Å²) in [6, 6.07) is 0. The molecule has 4 heteroatoms. The van der Waals surface area contributed by atoms with Crippen molar-refractivity contribution >= 4 is 0 Å². The van der Waals surface area contributed by atoms with Gasteiger partial charge in [-0.2, -0.15) is 0 Å². The van der Waals surface area contributed by atoms with Crippen LogP contribution in [0.2, 0.25) is 0 Å². The molecule has 0 aromatic carbocycles. The molecule has 0 radical (unpaired) electrons. The van der Waals surface area contributed by atoms with Gasteiger partial charge in [0.25, 0.3) is 0 Å². The van der Waals surface area contributed by atoms with Crippen LogP contribution in [0.3, 0.4) is 0 Å². The first kappa shape index (κ1) is 15.7. The largest absolute Gasteiger partial charge is 0.495 e. The van der Waals surface area contributed by atoms with Crippen molar-refractivity contribution in [1.82, 2.24) is 5.32 Å². The summed E-state index contributed by atoms with van der Waals surface area (Å²) < 4.78 is 31.6. The molecule has 1 unspecified atom stereocenters. The number of rotatable bonds is 6. The maximum Gasteiger partial charge on any atom is 0.140 e. The van der Waals surface area contributed by atoms with Crippen molar-refractivity contribution in [2.75, 3.05) is 7.11 Å².